The number of nitrogen functional groups attached to an aromatic ring is 1. The van der Waals surface area contributed by atoms with E-state index in [9.17, 15) is 4.79 Å². The Balaban J connectivity index is 1.92. The van der Waals surface area contributed by atoms with Crippen LogP contribution in [0.2, 0.25) is 5.02 Å². The van der Waals surface area contributed by atoms with Crippen molar-refractivity contribution in [2.45, 2.75) is 32.3 Å². The monoisotopic (exact) mass is 282 g/mol. The van der Waals surface area contributed by atoms with Gasteiger partial charge in [0.25, 0.3) is 0 Å². The maximum absolute atomic E-state index is 11.8. The van der Waals surface area contributed by atoms with Gasteiger partial charge in [0.1, 0.15) is 5.60 Å². The number of benzene rings is 1. The standard InChI is InChI=1S/C14H19ClN2O2/c1-14(2,3)19-13(18)17-7-10(8-17)9-4-5-11(15)12(16)6-9/h4-6,10H,7-8,16H2,1-3H3. The molecule has 0 aliphatic carbocycles. The largest absolute Gasteiger partial charge is 0.444 e. The van der Waals surface area contributed by atoms with Gasteiger partial charge in [0.05, 0.1) is 10.7 Å². The van der Waals surface area contributed by atoms with Crippen molar-refractivity contribution < 1.29 is 9.53 Å². The second-order valence-electron chi connectivity index (χ2n) is 5.86. The molecule has 4 nitrogen and oxygen atoms in total. The van der Waals surface area contributed by atoms with Crippen LogP contribution in [0.3, 0.4) is 0 Å². The van der Waals surface area contributed by atoms with E-state index in [0.29, 0.717) is 29.7 Å². The molecule has 19 heavy (non-hydrogen) atoms. The molecule has 1 fully saturated rings. The number of carbonyl (C=O) groups excluding carboxylic acids is 1. The van der Waals surface area contributed by atoms with Crippen LogP contribution in [-0.4, -0.2) is 29.7 Å². The van der Waals surface area contributed by atoms with Crippen molar-refractivity contribution in [3.05, 3.63) is 28.8 Å². The first-order valence-corrected chi connectivity index (χ1v) is 6.67. The second-order valence-corrected chi connectivity index (χ2v) is 6.27. The Bertz CT molecular complexity index is 491. The van der Waals surface area contributed by atoms with Crippen LogP contribution in [0.5, 0.6) is 0 Å². The number of hydrogen-bond acceptors (Lipinski definition) is 3. The molecule has 1 aliphatic rings. The number of amides is 1. The van der Waals surface area contributed by atoms with Gasteiger partial charge in [-0.3, -0.25) is 0 Å². The van der Waals surface area contributed by atoms with Crippen LogP contribution in [0.1, 0.15) is 32.3 Å². The number of carbonyl (C=O) groups is 1. The molecular weight excluding hydrogens is 264 g/mol. The fourth-order valence-electron chi connectivity index (χ4n) is 1.98. The Kier molecular flexibility index (Phi) is 3.63. The van der Waals surface area contributed by atoms with Crippen LogP contribution in [0, 0.1) is 0 Å². The van der Waals surface area contributed by atoms with Gasteiger partial charge in [-0.25, -0.2) is 4.79 Å². The molecule has 1 amide bonds. The summed E-state index contributed by atoms with van der Waals surface area (Å²) in [5, 5.41) is 0.562. The van der Waals surface area contributed by atoms with E-state index in [4.69, 9.17) is 22.1 Å². The van der Waals surface area contributed by atoms with Gasteiger partial charge in [0.15, 0.2) is 0 Å². The number of halogens is 1. The summed E-state index contributed by atoms with van der Waals surface area (Å²) in [5.41, 5.74) is 7.02. The van der Waals surface area contributed by atoms with Gasteiger partial charge < -0.3 is 15.4 Å². The summed E-state index contributed by atoms with van der Waals surface area (Å²) in [5.74, 6) is 0.312. The van der Waals surface area contributed by atoms with E-state index in [1.54, 1.807) is 11.0 Å². The molecule has 0 unspecified atom stereocenters. The maximum atomic E-state index is 11.8. The van der Waals surface area contributed by atoms with E-state index in [2.05, 4.69) is 0 Å². The molecule has 1 heterocycles. The summed E-state index contributed by atoms with van der Waals surface area (Å²) in [7, 11) is 0. The lowest BCUT2D eigenvalue weighted by atomic mass is 9.91. The smallest absolute Gasteiger partial charge is 0.410 e. The maximum Gasteiger partial charge on any atom is 0.410 e. The van der Waals surface area contributed by atoms with Crippen LogP contribution in [0.15, 0.2) is 18.2 Å². The minimum atomic E-state index is -0.452. The Morgan fingerprint density at radius 3 is 2.58 bits per heavy atom. The summed E-state index contributed by atoms with van der Waals surface area (Å²) < 4.78 is 5.31. The van der Waals surface area contributed by atoms with E-state index < -0.39 is 5.60 Å². The lowest BCUT2D eigenvalue weighted by molar-refractivity contribution is 0.00820. The van der Waals surface area contributed by atoms with Crippen LogP contribution in [-0.2, 0) is 4.74 Å². The summed E-state index contributed by atoms with van der Waals surface area (Å²) in [6.07, 6.45) is -0.259. The fraction of sp³-hybridized carbons (Fsp3) is 0.500. The molecule has 5 heteroatoms. The molecule has 2 N–H and O–H groups in total. The lowest BCUT2D eigenvalue weighted by Crippen LogP contribution is -2.50. The zero-order valence-electron chi connectivity index (χ0n) is 11.4. The van der Waals surface area contributed by atoms with E-state index >= 15 is 0 Å². The fourth-order valence-corrected chi connectivity index (χ4v) is 2.10. The number of nitrogens with two attached hydrogens (primary N) is 1. The normalized spacial score (nSPS) is 16.1. The van der Waals surface area contributed by atoms with E-state index in [1.807, 2.05) is 32.9 Å². The zero-order valence-corrected chi connectivity index (χ0v) is 12.2. The van der Waals surface area contributed by atoms with Crippen molar-refractivity contribution in [3.63, 3.8) is 0 Å². The highest BCUT2D eigenvalue weighted by Crippen LogP contribution is 2.31. The summed E-state index contributed by atoms with van der Waals surface area (Å²) in [6.45, 7) is 6.91. The van der Waals surface area contributed by atoms with Crippen molar-refractivity contribution in [1.29, 1.82) is 0 Å². The first-order valence-electron chi connectivity index (χ1n) is 6.29. The van der Waals surface area contributed by atoms with Gasteiger partial charge in [-0.1, -0.05) is 17.7 Å². The van der Waals surface area contributed by atoms with Crippen molar-refractivity contribution in [2.75, 3.05) is 18.8 Å². The van der Waals surface area contributed by atoms with E-state index in [0.717, 1.165) is 5.56 Å². The van der Waals surface area contributed by atoms with Crippen LogP contribution >= 0.6 is 11.6 Å². The van der Waals surface area contributed by atoms with E-state index in [1.165, 1.54) is 0 Å². The number of ether oxygens (including phenoxy) is 1. The first kappa shape index (κ1) is 14.0. The minimum Gasteiger partial charge on any atom is -0.444 e. The molecule has 0 spiro atoms. The van der Waals surface area contributed by atoms with Crippen LogP contribution < -0.4 is 5.73 Å². The number of nitrogens with zero attached hydrogens (tertiary/aromatic N) is 1. The molecule has 1 aromatic rings. The van der Waals surface area contributed by atoms with Crippen molar-refractivity contribution in [3.8, 4) is 0 Å². The summed E-state index contributed by atoms with van der Waals surface area (Å²) in [6, 6.07) is 5.62. The molecule has 1 saturated heterocycles. The highest BCUT2D eigenvalue weighted by Gasteiger charge is 2.34. The van der Waals surface area contributed by atoms with Gasteiger partial charge in [-0.15, -0.1) is 0 Å². The molecule has 0 bridgehead atoms. The third-order valence-electron chi connectivity index (χ3n) is 3.02. The van der Waals surface area contributed by atoms with E-state index in [-0.39, 0.29) is 6.09 Å². The van der Waals surface area contributed by atoms with Crippen LogP contribution in [0.4, 0.5) is 10.5 Å². The molecule has 104 valence electrons. The highest BCUT2D eigenvalue weighted by atomic mass is 35.5. The molecule has 0 radical (unpaired) electrons. The predicted octanol–water partition coefficient (Wildman–Crippen LogP) is 3.26. The second kappa shape index (κ2) is 4.93. The third kappa shape index (κ3) is 3.32. The Labute approximate surface area is 118 Å². The lowest BCUT2D eigenvalue weighted by Gasteiger charge is -2.40. The van der Waals surface area contributed by atoms with Gasteiger partial charge >= 0.3 is 6.09 Å². The quantitative estimate of drug-likeness (QED) is 0.805. The Morgan fingerprint density at radius 1 is 1.42 bits per heavy atom. The predicted molar refractivity (Wildman–Crippen MR) is 76.4 cm³/mol. The SMILES string of the molecule is CC(C)(C)OC(=O)N1CC(c2ccc(Cl)c(N)c2)C1. The molecular formula is C14H19ClN2O2. The first-order chi connectivity index (χ1) is 8.76. The highest BCUT2D eigenvalue weighted by molar-refractivity contribution is 6.33. The van der Waals surface area contributed by atoms with Crippen molar-refractivity contribution in [2.24, 2.45) is 0 Å². The Morgan fingerprint density at radius 2 is 2.05 bits per heavy atom. The van der Waals surface area contributed by atoms with Gasteiger partial charge in [-0.2, -0.15) is 0 Å². The summed E-state index contributed by atoms with van der Waals surface area (Å²) in [4.78, 5) is 13.5. The van der Waals surface area contributed by atoms with Gasteiger partial charge in [-0.05, 0) is 38.5 Å². The molecule has 1 aromatic carbocycles. The Hall–Kier alpha value is -1.42. The molecule has 0 aromatic heterocycles. The minimum absolute atomic E-state index is 0.259. The molecule has 0 atom stereocenters. The van der Waals surface area contributed by atoms with Gasteiger partial charge in [0.2, 0.25) is 0 Å². The average Bonchev–Trinajstić information content (AvgIpc) is 2.18. The van der Waals surface area contributed by atoms with Crippen molar-refractivity contribution >= 4 is 23.4 Å². The molecule has 2 rings (SSSR count). The zero-order chi connectivity index (χ0) is 14.2. The number of anilines is 1. The summed E-state index contributed by atoms with van der Waals surface area (Å²) >= 11 is 5.89. The van der Waals surface area contributed by atoms with Crippen molar-refractivity contribution in [1.82, 2.24) is 4.90 Å². The molecule has 0 saturated carbocycles. The average molecular weight is 283 g/mol. The number of rotatable bonds is 1. The topological polar surface area (TPSA) is 55.6 Å². The van der Waals surface area contributed by atoms with Gasteiger partial charge in [0, 0.05) is 19.0 Å². The number of hydrogen-bond donors (Lipinski definition) is 1. The third-order valence-corrected chi connectivity index (χ3v) is 3.37. The molecule has 1 aliphatic heterocycles. The number of likely N-dealkylation sites (tertiary alicyclic amines) is 1. The van der Waals surface area contributed by atoms with Crippen LogP contribution in [0.25, 0.3) is 0 Å².